The summed E-state index contributed by atoms with van der Waals surface area (Å²) in [5.74, 6) is -1.16. The van der Waals surface area contributed by atoms with Crippen molar-refractivity contribution in [1.29, 1.82) is 0 Å². The van der Waals surface area contributed by atoms with Gasteiger partial charge in [-0.15, -0.1) is 0 Å². The molecule has 2 N–H and O–H groups in total. The summed E-state index contributed by atoms with van der Waals surface area (Å²) in [6.45, 7) is 5.06. The highest BCUT2D eigenvalue weighted by Gasteiger charge is 2.48. The summed E-state index contributed by atoms with van der Waals surface area (Å²) >= 11 is 0. The molecule has 1 heterocycles. The molecule has 0 saturated carbocycles. The third kappa shape index (κ3) is 3.44. The number of amides is 2. The van der Waals surface area contributed by atoms with Gasteiger partial charge in [0.1, 0.15) is 5.75 Å². The molecule has 1 aliphatic heterocycles. The minimum Gasteiger partial charge on any atom is -0.464 e. The van der Waals surface area contributed by atoms with E-state index >= 15 is 0 Å². The van der Waals surface area contributed by atoms with Crippen molar-refractivity contribution in [3.05, 3.63) is 18.2 Å². The second-order valence-electron chi connectivity index (χ2n) is 5.32. The highest BCUT2D eigenvalue weighted by atomic mass is 16.6. The minimum absolute atomic E-state index is 0.111. The maximum Gasteiger partial charge on any atom is 0.360 e. The molecule has 1 aromatic carbocycles. The van der Waals surface area contributed by atoms with Crippen molar-refractivity contribution in [3.63, 3.8) is 0 Å². The number of carbonyl (C=O) groups is 3. The standard InChI is InChI=1S/C16H20N2O5/c1-4-6-13(19)17-10-7-8-11-12(9-10)23-16(3,14(20)18-11)15(21)22-5-2/h7-9H,4-6H2,1-3H3,(H,17,19)(H,18,20)/t16-/m1/s1. The van der Waals surface area contributed by atoms with E-state index in [2.05, 4.69) is 10.6 Å². The molecule has 0 unspecified atom stereocenters. The summed E-state index contributed by atoms with van der Waals surface area (Å²) in [5, 5.41) is 5.36. The zero-order valence-corrected chi connectivity index (χ0v) is 13.4. The Hall–Kier alpha value is -2.57. The molecule has 2 amide bonds. The van der Waals surface area contributed by atoms with Gasteiger partial charge in [-0.1, -0.05) is 6.92 Å². The fourth-order valence-electron chi connectivity index (χ4n) is 2.15. The molecule has 7 heteroatoms. The van der Waals surface area contributed by atoms with E-state index in [9.17, 15) is 14.4 Å². The molecule has 0 saturated heterocycles. The van der Waals surface area contributed by atoms with Crippen LogP contribution < -0.4 is 15.4 Å². The third-order valence-electron chi connectivity index (χ3n) is 3.40. The van der Waals surface area contributed by atoms with Gasteiger partial charge in [0.05, 0.1) is 12.3 Å². The number of esters is 1. The first-order chi connectivity index (χ1) is 10.9. The summed E-state index contributed by atoms with van der Waals surface area (Å²) in [4.78, 5) is 35.8. The number of hydrogen-bond donors (Lipinski definition) is 2. The Balaban J connectivity index is 2.25. The molecule has 124 valence electrons. The van der Waals surface area contributed by atoms with Gasteiger partial charge in [-0.2, -0.15) is 0 Å². The van der Waals surface area contributed by atoms with Crippen LogP contribution in [0.1, 0.15) is 33.6 Å². The highest BCUT2D eigenvalue weighted by Crippen LogP contribution is 2.36. The zero-order chi connectivity index (χ0) is 17.0. The molecule has 0 bridgehead atoms. The molecule has 7 nitrogen and oxygen atoms in total. The predicted molar refractivity (Wildman–Crippen MR) is 84.3 cm³/mol. The van der Waals surface area contributed by atoms with Gasteiger partial charge in [0.25, 0.3) is 11.5 Å². The van der Waals surface area contributed by atoms with E-state index in [0.29, 0.717) is 23.5 Å². The highest BCUT2D eigenvalue weighted by molar-refractivity contribution is 6.14. The van der Waals surface area contributed by atoms with Crippen LogP contribution in [0.4, 0.5) is 11.4 Å². The van der Waals surface area contributed by atoms with Crippen molar-refractivity contribution in [1.82, 2.24) is 0 Å². The van der Waals surface area contributed by atoms with E-state index in [1.165, 1.54) is 6.92 Å². The van der Waals surface area contributed by atoms with Crippen LogP contribution in [0.25, 0.3) is 0 Å². The van der Waals surface area contributed by atoms with Gasteiger partial charge < -0.3 is 20.1 Å². The lowest BCUT2D eigenvalue weighted by Crippen LogP contribution is -2.55. The average molecular weight is 320 g/mol. The van der Waals surface area contributed by atoms with Gasteiger partial charge in [0, 0.05) is 18.2 Å². The van der Waals surface area contributed by atoms with Crippen LogP contribution in [0, 0.1) is 0 Å². The number of benzene rings is 1. The van der Waals surface area contributed by atoms with Crippen molar-refractivity contribution < 1.29 is 23.9 Å². The van der Waals surface area contributed by atoms with Crippen LogP contribution in [0.15, 0.2) is 18.2 Å². The Morgan fingerprint density at radius 3 is 2.74 bits per heavy atom. The molecule has 2 rings (SSSR count). The Labute approximate surface area is 134 Å². The van der Waals surface area contributed by atoms with Gasteiger partial charge in [0.2, 0.25) is 5.91 Å². The average Bonchev–Trinajstić information content (AvgIpc) is 2.49. The molecule has 1 aromatic rings. The van der Waals surface area contributed by atoms with Gasteiger partial charge in [0.15, 0.2) is 0 Å². The first-order valence-electron chi connectivity index (χ1n) is 7.52. The quantitative estimate of drug-likeness (QED) is 0.640. The largest absolute Gasteiger partial charge is 0.464 e. The van der Waals surface area contributed by atoms with Crippen molar-refractivity contribution in [2.24, 2.45) is 0 Å². The van der Waals surface area contributed by atoms with Gasteiger partial charge in [-0.25, -0.2) is 4.79 Å². The normalized spacial score (nSPS) is 19.2. The Kier molecular flexibility index (Phi) is 4.88. The van der Waals surface area contributed by atoms with E-state index in [4.69, 9.17) is 9.47 Å². The lowest BCUT2D eigenvalue weighted by atomic mass is 10.0. The Bertz CT molecular complexity index is 643. The number of rotatable bonds is 5. The molecule has 0 fully saturated rings. The van der Waals surface area contributed by atoms with Crippen LogP contribution in [-0.4, -0.2) is 30.0 Å². The number of ether oxygens (including phenoxy) is 2. The number of anilines is 2. The first-order valence-corrected chi connectivity index (χ1v) is 7.52. The molecule has 0 radical (unpaired) electrons. The summed E-state index contributed by atoms with van der Waals surface area (Å²) < 4.78 is 10.5. The number of carbonyl (C=O) groups excluding carboxylic acids is 3. The SMILES string of the molecule is CCCC(=O)Nc1ccc2c(c1)O[C@@](C)(C(=O)OCC)C(=O)N2. The van der Waals surface area contributed by atoms with Gasteiger partial charge in [-0.3, -0.25) is 9.59 Å². The van der Waals surface area contributed by atoms with Crippen LogP contribution in [-0.2, 0) is 19.1 Å². The molecule has 0 aliphatic carbocycles. The monoisotopic (exact) mass is 320 g/mol. The Morgan fingerprint density at radius 2 is 2.09 bits per heavy atom. The van der Waals surface area contributed by atoms with Gasteiger partial charge >= 0.3 is 5.97 Å². The summed E-state index contributed by atoms with van der Waals surface area (Å²) in [5.41, 5.74) is -0.787. The van der Waals surface area contributed by atoms with E-state index in [-0.39, 0.29) is 12.5 Å². The van der Waals surface area contributed by atoms with E-state index < -0.39 is 17.5 Å². The smallest absolute Gasteiger partial charge is 0.360 e. The maximum absolute atomic E-state index is 12.1. The lowest BCUT2D eigenvalue weighted by Gasteiger charge is -2.32. The third-order valence-corrected chi connectivity index (χ3v) is 3.40. The topological polar surface area (TPSA) is 93.7 Å². The van der Waals surface area contributed by atoms with Crippen LogP contribution in [0.2, 0.25) is 0 Å². The van der Waals surface area contributed by atoms with Gasteiger partial charge in [-0.05, 0) is 32.4 Å². The molecule has 0 aromatic heterocycles. The van der Waals surface area contributed by atoms with Crippen molar-refractivity contribution in [2.75, 3.05) is 17.2 Å². The number of nitrogens with one attached hydrogen (secondary N) is 2. The molecular formula is C16H20N2O5. The van der Waals surface area contributed by atoms with E-state index in [1.807, 2.05) is 6.92 Å². The van der Waals surface area contributed by atoms with Crippen molar-refractivity contribution in [3.8, 4) is 5.75 Å². The van der Waals surface area contributed by atoms with Crippen LogP contribution >= 0.6 is 0 Å². The van der Waals surface area contributed by atoms with Crippen LogP contribution in [0.5, 0.6) is 5.75 Å². The molecule has 1 atom stereocenters. The summed E-state index contributed by atoms with van der Waals surface area (Å²) in [7, 11) is 0. The molecule has 0 spiro atoms. The minimum atomic E-state index is -1.75. The van der Waals surface area contributed by atoms with Crippen molar-refractivity contribution >= 4 is 29.2 Å². The molecular weight excluding hydrogens is 300 g/mol. The zero-order valence-electron chi connectivity index (χ0n) is 13.4. The fraction of sp³-hybridized carbons (Fsp3) is 0.438. The summed E-state index contributed by atoms with van der Waals surface area (Å²) in [6, 6.07) is 4.84. The maximum atomic E-state index is 12.1. The Morgan fingerprint density at radius 1 is 1.35 bits per heavy atom. The van der Waals surface area contributed by atoms with Crippen LogP contribution in [0.3, 0.4) is 0 Å². The van der Waals surface area contributed by atoms with E-state index in [0.717, 1.165) is 6.42 Å². The number of fused-ring (bicyclic) bond motifs is 1. The first kappa shape index (κ1) is 16.8. The second-order valence-corrected chi connectivity index (χ2v) is 5.32. The fourth-order valence-corrected chi connectivity index (χ4v) is 2.15. The predicted octanol–water partition coefficient (Wildman–Crippen LogP) is 2.08. The summed E-state index contributed by atoms with van der Waals surface area (Å²) in [6.07, 6.45) is 1.15. The molecule has 23 heavy (non-hydrogen) atoms. The second kappa shape index (κ2) is 6.68. The lowest BCUT2D eigenvalue weighted by molar-refractivity contribution is -0.165. The molecule has 1 aliphatic rings. The van der Waals surface area contributed by atoms with E-state index in [1.54, 1.807) is 25.1 Å². The number of hydrogen-bond acceptors (Lipinski definition) is 5. The van der Waals surface area contributed by atoms with Crippen molar-refractivity contribution in [2.45, 2.75) is 39.2 Å².